The highest BCUT2D eigenvalue weighted by Gasteiger charge is 2.25. The van der Waals surface area contributed by atoms with Gasteiger partial charge in [0.25, 0.3) is 0 Å². The largest absolute Gasteiger partial charge is 0.366 e. The van der Waals surface area contributed by atoms with Gasteiger partial charge >= 0.3 is 0 Å². The molecule has 1 amide bonds. The SMILES string of the molecule is CCn1nc(-c2ccc(C(N)=O)cc2)nc1C1CCn2nccc2C1. The van der Waals surface area contributed by atoms with E-state index in [1.54, 1.807) is 12.1 Å². The van der Waals surface area contributed by atoms with Crippen LogP contribution in [0.5, 0.6) is 0 Å². The van der Waals surface area contributed by atoms with Crippen molar-refractivity contribution in [3.05, 3.63) is 53.6 Å². The monoisotopic (exact) mass is 336 g/mol. The lowest BCUT2D eigenvalue weighted by molar-refractivity contribution is 0.100. The summed E-state index contributed by atoms with van der Waals surface area (Å²) >= 11 is 0. The molecule has 0 saturated heterocycles. The maximum atomic E-state index is 11.2. The van der Waals surface area contributed by atoms with Gasteiger partial charge in [0.2, 0.25) is 5.91 Å². The highest BCUT2D eigenvalue weighted by molar-refractivity contribution is 5.93. The molecule has 0 radical (unpaired) electrons. The summed E-state index contributed by atoms with van der Waals surface area (Å²) < 4.78 is 4.04. The third-order valence-electron chi connectivity index (χ3n) is 4.74. The van der Waals surface area contributed by atoms with Crippen LogP contribution in [0.1, 0.15) is 41.1 Å². The molecule has 1 aromatic carbocycles. The number of amides is 1. The number of hydrogen-bond donors (Lipinski definition) is 1. The van der Waals surface area contributed by atoms with Crippen molar-refractivity contribution in [2.75, 3.05) is 0 Å². The van der Waals surface area contributed by atoms with Crippen molar-refractivity contribution in [1.29, 1.82) is 0 Å². The van der Waals surface area contributed by atoms with Crippen LogP contribution in [-0.2, 0) is 19.5 Å². The molecule has 1 aliphatic heterocycles. The van der Waals surface area contributed by atoms with Crippen molar-refractivity contribution in [2.45, 2.75) is 38.8 Å². The lowest BCUT2D eigenvalue weighted by atomic mass is 9.95. The Morgan fingerprint density at radius 2 is 2.08 bits per heavy atom. The molecule has 0 bridgehead atoms. The van der Waals surface area contributed by atoms with Gasteiger partial charge in [0.05, 0.1) is 0 Å². The van der Waals surface area contributed by atoms with Gasteiger partial charge < -0.3 is 5.73 Å². The third-order valence-corrected chi connectivity index (χ3v) is 4.74. The zero-order valence-electron chi connectivity index (χ0n) is 14.1. The quantitative estimate of drug-likeness (QED) is 0.788. The number of benzene rings is 1. The molecular weight excluding hydrogens is 316 g/mol. The van der Waals surface area contributed by atoms with Gasteiger partial charge in [-0.3, -0.25) is 9.48 Å². The van der Waals surface area contributed by atoms with Crippen LogP contribution in [0.15, 0.2) is 36.5 Å². The second kappa shape index (κ2) is 6.16. The molecule has 7 heteroatoms. The summed E-state index contributed by atoms with van der Waals surface area (Å²) in [7, 11) is 0. The summed E-state index contributed by atoms with van der Waals surface area (Å²) in [4.78, 5) is 16.0. The molecule has 0 saturated carbocycles. The van der Waals surface area contributed by atoms with Crippen LogP contribution in [0.4, 0.5) is 0 Å². The predicted octanol–water partition coefficient (Wildman–Crippen LogP) is 1.99. The number of hydrogen-bond acceptors (Lipinski definition) is 4. The molecule has 0 spiro atoms. The normalized spacial score (nSPS) is 16.6. The highest BCUT2D eigenvalue weighted by atomic mass is 16.1. The Hall–Kier alpha value is -2.96. The van der Waals surface area contributed by atoms with E-state index in [-0.39, 0.29) is 0 Å². The van der Waals surface area contributed by atoms with Crippen LogP contribution >= 0.6 is 0 Å². The molecule has 0 aliphatic carbocycles. The van der Waals surface area contributed by atoms with Crippen molar-refractivity contribution in [2.24, 2.45) is 5.73 Å². The molecule has 7 nitrogen and oxygen atoms in total. The van der Waals surface area contributed by atoms with Gasteiger partial charge in [0.1, 0.15) is 5.82 Å². The number of carbonyl (C=O) groups is 1. The minimum atomic E-state index is -0.432. The van der Waals surface area contributed by atoms with Gasteiger partial charge in [-0.1, -0.05) is 12.1 Å². The van der Waals surface area contributed by atoms with E-state index in [1.807, 2.05) is 23.0 Å². The van der Waals surface area contributed by atoms with Crippen LogP contribution in [0.2, 0.25) is 0 Å². The van der Waals surface area contributed by atoms with Crippen LogP contribution < -0.4 is 5.73 Å². The molecule has 1 atom stereocenters. The maximum Gasteiger partial charge on any atom is 0.248 e. The Bertz CT molecular complexity index is 908. The van der Waals surface area contributed by atoms with Gasteiger partial charge in [0.15, 0.2) is 5.82 Å². The van der Waals surface area contributed by atoms with Gasteiger partial charge in [-0.05, 0) is 38.0 Å². The zero-order valence-corrected chi connectivity index (χ0v) is 14.1. The molecule has 3 heterocycles. The lowest BCUT2D eigenvalue weighted by Crippen LogP contribution is -2.21. The maximum absolute atomic E-state index is 11.2. The number of nitrogens with two attached hydrogens (primary N) is 1. The average Bonchev–Trinajstić information content (AvgIpc) is 3.27. The number of fused-ring (bicyclic) bond motifs is 1. The van der Waals surface area contributed by atoms with Gasteiger partial charge in [-0.15, -0.1) is 0 Å². The van der Waals surface area contributed by atoms with E-state index in [9.17, 15) is 4.79 Å². The number of nitrogens with zero attached hydrogens (tertiary/aromatic N) is 5. The van der Waals surface area contributed by atoms with Crippen molar-refractivity contribution < 1.29 is 4.79 Å². The van der Waals surface area contributed by atoms with E-state index in [2.05, 4.69) is 27.9 Å². The van der Waals surface area contributed by atoms with E-state index in [4.69, 9.17) is 10.7 Å². The number of rotatable bonds is 4. The Balaban J connectivity index is 1.65. The van der Waals surface area contributed by atoms with Crippen LogP contribution in [0.3, 0.4) is 0 Å². The minimum Gasteiger partial charge on any atom is -0.366 e. The number of carbonyl (C=O) groups excluding carboxylic acids is 1. The minimum absolute atomic E-state index is 0.343. The first-order chi connectivity index (χ1) is 12.2. The highest BCUT2D eigenvalue weighted by Crippen LogP contribution is 2.29. The summed E-state index contributed by atoms with van der Waals surface area (Å²) in [6, 6.07) is 9.18. The van der Waals surface area contributed by atoms with E-state index in [0.717, 1.165) is 37.3 Å². The van der Waals surface area contributed by atoms with Crippen LogP contribution in [0, 0.1) is 0 Å². The zero-order chi connectivity index (χ0) is 17.4. The Kier molecular flexibility index (Phi) is 3.83. The average molecular weight is 336 g/mol. The predicted molar refractivity (Wildman–Crippen MR) is 92.9 cm³/mol. The summed E-state index contributed by atoms with van der Waals surface area (Å²) in [5, 5.41) is 9.00. The fraction of sp³-hybridized carbons (Fsp3) is 0.333. The van der Waals surface area contributed by atoms with Crippen molar-refractivity contribution >= 4 is 5.91 Å². The molecule has 2 N–H and O–H groups in total. The van der Waals surface area contributed by atoms with Gasteiger partial charge in [0, 0.05) is 42.0 Å². The molecule has 1 aliphatic rings. The second-order valence-corrected chi connectivity index (χ2v) is 6.29. The summed E-state index contributed by atoms with van der Waals surface area (Å²) in [6.45, 7) is 3.76. The van der Waals surface area contributed by atoms with Gasteiger partial charge in [-0.2, -0.15) is 10.2 Å². The number of primary amides is 1. The Morgan fingerprint density at radius 3 is 2.80 bits per heavy atom. The van der Waals surface area contributed by atoms with Crippen molar-refractivity contribution in [3.8, 4) is 11.4 Å². The number of aryl methyl sites for hydroxylation is 2. The van der Waals surface area contributed by atoms with Gasteiger partial charge in [-0.25, -0.2) is 9.67 Å². The second-order valence-electron chi connectivity index (χ2n) is 6.29. The summed E-state index contributed by atoms with van der Waals surface area (Å²) in [5.41, 5.74) is 7.92. The van der Waals surface area contributed by atoms with E-state index >= 15 is 0 Å². The Morgan fingerprint density at radius 1 is 1.28 bits per heavy atom. The first-order valence-electron chi connectivity index (χ1n) is 8.51. The van der Waals surface area contributed by atoms with Crippen LogP contribution in [-0.4, -0.2) is 30.5 Å². The van der Waals surface area contributed by atoms with E-state index < -0.39 is 5.91 Å². The smallest absolute Gasteiger partial charge is 0.248 e. The van der Waals surface area contributed by atoms with E-state index in [1.165, 1.54) is 5.69 Å². The molecule has 1 unspecified atom stereocenters. The van der Waals surface area contributed by atoms with Crippen molar-refractivity contribution in [3.63, 3.8) is 0 Å². The van der Waals surface area contributed by atoms with E-state index in [0.29, 0.717) is 17.3 Å². The summed E-state index contributed by atoms with van der Waals surface area (Å²) in [6.07, 6.45) is 3.79. The Labute approximate surface area is 145 Å². The van der Waals surface area contributed by atoms with Crippen molar-refractivity contribution in [1.82, 2.24) is 24.5 Å². The fourth-order valence-electron chi connectivity index (χ4n) is 3.38. The molecule has 0 fully saturated rings. The molecule has 2 aromatic heterocycles. The molecular formula is C18H20N6O. The lowest BCUT2D eigenvalue weighted by Gasteiger charge is -2.22. The topological polar surface area (TPSA) is 91.6 Å². The van der Waals surface area contributed by atoms with Crippen LogP contribution in [0.25, 0.3) is 11.4 Å². The molecule has 25 heavy (non-hydrogen) atoms. The summed E-state index contributed by atoms with van der Waals surface area (Å²) in [5.74, 6) is 1.62. The molecule has 4 rings (SSSR count). The fourth-order valence-corrected chi connectivity index (χ4v) is 3.38. The first-order valence-corrected chi connectivity index (χ1v) is 8.51. The molecule has 128 valence electrons. The molecule has 3 aromatic rings. The first kappa shape index (κ1) is 15.6. The standard InChI is InChI=1S/C18H20N6O/c1-2-23-18(14-8-10-24-15(11-14)7-9-20-24)21-17(22-23)13-5-3-12(4-6-13)16(19)25/h3-7,9,14H,2,8,10-11H2,1H3,(H2,19,25). The third kappa shape index (κ3) is 2.82. The number of aromatic nitrogens is 5.